The van der Waals surface area contributed by atoms with Crippen LogP contribution in [0, 0.1) is 19.7 Å². The molecule has 1 unspecified atom stereocenters. The zero-order valence-corrected chi connectivity index (χ0v) is 17.3. The van der Waals surface area contributed by atoms with E-state index < -0.39 is 5.82 Å². The van der Waals surface area contributed by atoms with Crippen molar-refractivity contribution in [3.05, 3.63) is 53.1 Å². The van der Waals surface area contributed by atoms with Gasteiger partial charge in [-0.05, 0) is 51.0 Å². The second-order valence-corrected chi connectivity index (χ2v) is 7.82. The number of halogens is 1. The minimum absolute atomic E-state index is 0.00717. The lowest BCUT2D eigenvalue weighted by Gasteiger charge is -2.15. The normalized spacial score (nSPS) is 17.3. The highest BCUT2D eigenvalue weighted by atomic mass is 19.1. The molecule has 0 aliphatic carbocycles. The number of rotatable bonds is 8. The number of quaternary nitrogens is 1. The van der Waals surface area contributed by atoms with Crippen molar-refractivity contribution in [1.82, 2.24) is 4.57 Å². The number of Topliss-reactive ketones (excluding diaryl/α,β-unsaturated/α-hetero) is 1. The molecule has 2 aromatic rings. The topological polar surface area (TPSA) is 64.8 Å². The van der Waals surface area contributed by atoms with Gasteiger partial charge in [0.2, 0.25) is 5.78 Å². The summed E-state index contributed by atoms with van der Waals surface area (Å²) in [6.07, 6.45) is 2.34. The first-order valence-corrected chi connectivity index (χ1v) is 10.0. The lowest BCUT2D eigenvalue weighted by Crippen LogP contribution is -3.11. The quantitative estimate of drug-likeness (QED) is 0.662. The van der Waals surface area contributed by atoms with Gasteiger partial charge in [0.05, 0.1) is 13.2 Å². The van der Waals surface area contributed by atoms with Gasteiger partial charge in [-0.25, -0.2) is 4.39 Å². The average molecular weight is 402 g/mol. The molecule has 1 fully saturated rings. The molecule has 6 nitrogen and oxygen atoms in total. The number of hydrogen-bond acceptors (Lipinski definition) is 3. The Kier molecular flexibility index (Phi) is 6.82. The van der Waals surface area contributed by atoms with Crippen LogP contribution in [-0.2, 0) is 16.1 Å². The summed E-state index contributed by atoms with van der Waals surface area (Å²) < 4.78 is 21.1. The van der Waals surface area contributed by atoms with E-state index in [2.05, 4.69) is 9.88 Å². The molecule has 1 aromatic carbocycles. The van der Waals surface area contributed by atoms with Gasteiger partial charge in [-0.15, -0.1) is 0 Å². The van der Waals surface area contributed by atoms with Crippen molar-refractivity contribution >= 4 is 17.4 Å². The van der Waals surface area contributed by atoms with Crippen molar-refractivity contribution in [2.75, 3.05) is 32.1 Å². The van der Waals surface area contributed by atoms with E-state index in [0.717, 1.165) is 42.3 Å². The van der Waals surface area contributed by atoms with Crippen LogP contribution in [-0.4, -0.2) is 49.1 Å². The van der Waals surface area contributed by atoms with Crippen LogP contribution < -0.4 is 10.2 Å². The minimum atomic E-state index is -0.406. The summed E-state index contributed by atoms with van der Waals surface area (Å²) in [7, 11) is 1.80. The third-order valence-electron chi connectivity index (χ3n) is 5.32. The van der Waals surface area contributed by atoms with Crippen LogP contribution in [0.25, 0.3) is 0 Å². The van der Waals surface area contributed by atoms with E-state index in [1.807, 2.05) is 19.9 Å². The van der Waals surface area contributed by atoms with Crippen molar-refractivity contribution < 1.29 is 23.6 Å². The van der Waals surface area contributed by atoms with E-state index in [4.69, 9.17) is 4.74 Å². The average Bonchev–Trinajstić information content (AvgIpc) is 3.25. The number of anilines is 1. The van der Waals surface area contributed by atoms with Gasteiger partial charge >= 0.3 is 0 Å². The summed E-state index contributed by atoms with van der Waals surface area (Å²) in [5, 5.41) is 2.66. The highest BCUT2D eigenvalue weighted by Crippen LogP contribution is 2.20. The number of carbonyl (C=O) groups is 2. The lowest BCUT2D eigenvalue weighted by molar-refractivity contribution is -0.861. The number of ketones is 1. The van der Waals surface area contributed by atoms with E-state index in [1.165, 1.54) is 18.2 Å². The maximum absolute atomic E-state index is 13.2. The number of nitrogens with zero attached hydrogens (tertiary/aromatic N) is 1. The van der Waals surface area contributed by atoms with Crippen LogP contribution in [0.1, 0.15) is 34.6 Å². The second kappa shape index (κ2) is 9.33. The highest BCUT2D eigenvalue weighted by Gasteiger charge is 2.23. The predicted octanol–water partition coefficient (Wildman–Crippen LogP) is 1.76. The van der Waals surface area contributed by atoms with E-state index in [-0.39, 0.29) is 30.9 Å². The maximum atomic E-state index is 13.2. The number of benzene rings is 1. The summed E-state index contributed by atoms with van der Waals surface area (Å²) >= 11 is 0. The molecule has 2 N–H and O–H groups in total. The zero-order valence-electron chi connectivity index (χ0n) is 17.3. The van der Waals surface area contributed by atoms with Gasteiger partial charge < -0.3 is 19.5 Å². The monoisotopic (exact) mass is 402 g/mol. The predicted molar refractivity (Wildman–Crippen MR) is 109 cm³/mol. The number of carbonyl (C=O) groups excluding carboxylic acids is 2. The van der Waals surface area contributed by atoms with Crippen molar-refractivity contribution in [2.24, 2.45) is 0 Å². The number of nitrogens with one attached hydrogen (secondary N) is 2. The molecule has 2 atom stereocenters. The Morgan fingerprint density at radius 1 is 1.28 bits per heavy atom. The first-order chi connectivity index (χ1) is 13.8. The molecule has 1 aliphatic rings. The molecule has 29 heavy (non-hydrogen) atoms. The van der Waals surface area contributed by atoms with Gasteiger partial charge in [0.1, 0.15) is 12.4 Å². The summed E-state index contributed by atoms with van der Waals surface area (Å²) in [6, 6.07) is 7.68. The Labute approximate surface area is 170 Å². The maximum Gasteiger partial charge on any atom is 0.279 e. The molecule has 0 spiro atoms. The Morgan fingerprint density at radius 3 is 2.76 bits per heavy atom. The summed E-state index contributed by atoms with van der Waals surface area (Å²) in [4.78, 5) is 25.8. The summed E-state index contributed by atoms with van der Waals surface area (Å²) in [5.41, 5.74) is 3.10. The van der Waals surface area contributed by atoms with Crippen molar-refractivity contribution in [1.29, 1.82) is 0 Å². The minimum Gasteiger partial charge on any atom is -0.376 e. The largest absolute Gasteiger partial charge is 0.376 e. The van der Waals surface area contributed by atoms with Gasteiger partial charge in [-0.3, -0.25) is 9.59 Å². The van der Waals surface area contributed by atoms with E-state index in [0.29, 0.717) is 11.3 Å². The molecule has 0 saturated carbocycles. The van der Waals surface area contributed by atoms with Crippen LogP contribution in [0.4, 0.5) is 10.1 Å². The van der Waals surface area contributed by atoms with Crippen molar-refractivity contribution in [3.63, 3.8) is 0 Å². The summed E-state index contributed by atoms with van der Waals surface area (Å²) in [5.74, 6) is -0.658. The summed E-state index contributed by atoms with van der Waals surface area (Å²) in [6.45, 7) is 5.87. The molecule has 0 bridgehead atoms. The Bertz CT molecular complexity index is 887. The van der Waals surface area contributed by atoms with Gasteiger partial charge in [-0.1, -0.05) is 6.07 Å². The Morgan fingerprint density at radius 2 is 2.07 bits per heavy atom. The highest BCUT2D eigenvalue weighted by molar-refractivity contribution is 5.98. The molecule has 0 radical (unpaired) electrons. The Hall–Kier alpha value is -2.51. The smallest absolute Gasteiger partial charge is 0.279 e. The standard InChI is InChI=1S/C22H28FN3O3/c1-15-10-20(16(2)26(15)12-19-8-5-9-29-19)21(27)13-25(3)14-22(28)24-18-7-4-6-17(23)11-18/h4,6-7,10-11,19H,5,8-9,12-14H2,1-3H3,(H,24,28)/p+1/t19-/m0/s1. The molecular weight excluding hydrogens is 373 g/mol. The molecule has 1 saturated heterocycles. The van der Waals surface area contributed by atoms with E-state index in [9.17, 15) is 14.0 Å². The number of hydrogen-bond donors (Lipinski definition) is 2. The number of aryl methyl sites for hydroxylation is 1. The van der Waals surface area contributed by atoms with Crippen LogP contribution in [0.15, 0.2) is 30.3 Å². The van der Waals surface area contributed by atoms with Gasteiger partial charge in [0.25, 0.3) is 5.91 Å². The third kappa shape index (κ3) is 5.52. The van der Waals surface area contributed by atoms with Gasteiger partial charge in [0, 0.05) is 35.8 Å². The van der Waals surface area contributed by atoms with Gasteiger partial charge in [-0.2, -0.15) is 0 Å². The van der Waals surface area contributed by atoms with E-state index in [1.54, 1.807) is 13.1 Å². The van der Waals surface area contributed by atoms with Crippen LogP contribution in [0.3, 0.4) is 0 Å². The number of aromatic nitrogens is 1. The van der Waals surface area contributed by atoms with Crippen LogP contribution >= 0.6 is 0 Å². The van der Waals surface area contributed by atoms with Gasteiger partial charge in [0.15, 0.2) is 6.54 Å². The lowest BCUT2D eigenvalue weighted by atomic mass is 10.1. The molecular formula is C22H29FN3O3+. The Balaban J connectivity index is 1.57. The first kappa shape index (κ1) is 21.2. The molecule has 2 heterocycles. The zero-order chi connectivity index (χ0) is 21.0. The molecule has 1 aromatic heterocycles. The number of amides is 1. The van der Waals surface area contributed by atoms with Crippen molar-refractivity contribution in [3.8, 4) is 0 Å². The van der Waals surface area contributed by atoms with Crippen LogP contribution in [0.5, 0.6) is 0 Å². The number of ether oxygens (including phenoxy) is 1. The molecule has 156 valence electrons. The molecule has 1 amide bonds. The fourth-order valence-electron chi connectivity index (χ4n) is 3.83. The fraction of sp³-hybridized carbons (Fsp3) is 0.455. The second-order valence-electron chi connectivity index (χ2n) is 7.82. The number of likely N-dealkylation sites (N-methyl/N-ethyl adjacent to an activating group) is 1. The van der Waals surface area contributed by atoms with Crippen molar-refractivity contribution in [2.45, 2.75) is 39.3 Å². The first-order valence-electron chi connectivity index (χ1n) is 10.0. The van der Waals surface area contributed by atoms with E-state index >= 15 is 0 Å². The molecule has 7 heteroatoms. The fourth-order valence-corrected chi connectivity index (χ4v) is 3.83. The van der Waals surface area contributed by atoms with Crippen LogP contribution in [0.2, 0.25) is 0 Å². The molecule has 3 rings (SSSR count). The SMILES string of the molecule is Cc1cc(C(=O)C[NH+](C)CC(=O)Nc2cccc(F)c2)c(C)n1C[C@@H]1CCCO1. The third-order valence-corrected chi connectivity index (χ3v) is 5.32. The molecule has 1 aliphatic heterocycles.